The molecule has 0 saturated carbocycles. The molecule has 0 atom stereocenters. The van der Waals surface area contributed by atoms with Crippen molar-refractivity contribution in [3.63, 3.8) is 0 Å². The lowest BCUT2D eigenvalue weighted by molar-refractivity contribution is 1.01. The molecule has 0 aliphatic carbocycles. The molecule has 0 fully saturated rings. The largest absolute Gasteiger partial charge is 0.341 e. The summed E-state index contributed by atoms with van der Waals surface area (Å²) in [6, 6.07) is 13.8. The van der Waals surface area contributed by atoms with Crippen molar-refractivity contribution in [3.8, 4) is 0 Å². The van der Waals surface area contributed by atoms with E-state index in [4.69, 9.17) is 0 Å². The number of benzene rings is 2. The summed E-state index contributed by atoms with van der Waals surface area (Å²) in [6.07, 6.45) is 0. The second-order valence-corrected chi connectivity index (χ2v) is 9.80. The lowest BCUT2D eigenvalue weighted by Gasteiger charge is -2.03. The van der Waals surface area contributed by atoms with Gasteiger partial charge in [-0.3, -0.25) is 0 Å². The summed E-state index contributed by atoms with van der Waals surface area (Å²) in [5.74, 6) is 0. The molecule has 0 aliphatic rings. The second-order valence-electron chi connectivity index (χ2n) is 7.29. The first kappa shape index (κ1) is 14.8. The Bertz CT molecular complexity index is 1400. The Kier molecular flexibility index (Phi) is 2.68. The summed E-state index contributed by atoms with van der Waals surface area (Å²) in [6.45, 7) is 4.40. The van der Waals surface area contributed by atoms with Crippen molar-refractivity contribution in [2.45, 2.75) is 13.8 Å². The number of fused-ring (bicyclic) bond motifs is 9. The van der Waals surface area contributed by atoms with Crippen LogP contribution in [0.1, 0.15) is 9.75 Å². The molecule has 0 amide bonds. The van der Waals surface area contributed by atoms with Gasteiger partial charge in [0.05, 0.1) is 31.5 Å². The second kappa shape index (κ2) is 4.70. The van der Waals surface area contributed by atoms with E-state index in [2.05, 4.69) is 73.5 Å². The van der Waals surface area contributed by atoms with Crippen molar-refractivity contribution in [2.75, 3.05) is 0 Å². The van der Waals surface area contributed by atoms with E-state index in [9.17, 15) is 0 Å². The number of hydrogen-bond acceptors (Lipinski definition) is 2. The van der Waals surface area contributed by atoms with E-state index in [1.54, 1.807) is 0 Å². The van der Waals surface area contributed by atoms with E-state index in [-0.39, 0.29) is 0 Å². The molecule has 2 nitrogen and oxygen atoms in total. The first-order chi connectivity index (χ1) is 12.5. The molecule has 128 valence electrons. The Labute approximate surface area is 158 Å². The van der Waals surface area contributed by atoms with Gasteiger partial charge in [0.15, 0.2) is 0 Å². The van der Waals surface area contributed by atoms with Crippen LogP contribution in [0.5, 0.6) is 0 Å². The van der Waals surface area contributed by atoms with Crippen molar-refractivity contribution < 1.29 is 0 Å². The molecule has 4 heteroatoms. The summed E-state index contributed by atoms with van der Waals surface area (Å²) < 4.78 is 7.63. The van der Waals surface area contributed by atoms with Crippen LogP contribution in [0.3, 0.4) is 0 Å². The van der Waals surface area contributed by atoms with Crippen molar-refractivity contribution in [1.29, 1.82) is 0 Å². The normalized spacial score (nSPS) is 12.6. The molecule has 26 heavy (non-hydrogen) atoms. The average molecular weight is 375 g/mol. The highest BCUT2D eigenvalue weighted by Crippen LogP contribution is 2.43. The number of hydrogen-bond donors (Lipinski definition) is 0. The van der Waals surface area contributed by atoms with Gasteiger partial charge in [-0.1, -0.05) is 24.3 Å². The molecule has 0 radical (unpaired) electrons. The van der Waals surface area contributed by atoms with Crippen LogP contribution in [-0.4, -0.2) is 9.13 Å². The van der Waals surface area contributed by atoms with Crippen LogP contribution >= 0.6 is 22.7 Å². The molecule has 4 aromatic heterocycles. The number of rotatable bonds is 0. The first-order valence-electron chi connectivity index (χ1n) is 8.83. The maximum absolute atomic E-state index is 2.41. The molecule has 6 rings (SSSR count). The zero-order valence-electron chi connectivity index (χ0n) is 15.2. The average Bonchev–Trinajstić information content (AvgIpc) is 3.30. The Morgan fingerprint density at radius 2 is 1.04 bits per heavy atom. The minimum absolute atomic E-state index is 1.35. The lowest BCUT2D eigenvalue weighted by Crippen LogP contribution is -1.88. The summed E-state index contributed by atoms with van der Waals surface area (Å²) in [4.78, 5) is 2.75. The van der Waals surface area contributed by atoms with Gasteiger partial charge in [0.1, 0.15) is 0 Å². The SMILES string of the molecule is Cc1cc2ccc3c(c2s1)n(C)c1c2ccc4cc(C)sc4c2n(C)c31. The molecule has 0 saturated heterocycles. The maximum atomic E-state index is 2.41. The van der Waals surface area contributed by atoms with Gasteiger partial charge in [-0.15, -0.1) is 22.7 Å². The monoisotopic (exact) mass is 374 g/mol. The fraction of sp³-hybridized carbons (Fsp3) is 0.182. The van der Waals surface area contributed by atoms with Gasteiger partial charge in [0.25, 0.3) is 0 Å². The Hall–Kier alpha value is -2.30. The van der Waals surface area contributed by atoms with Crippen LogP contribution in [0, 0.1) is 13.8 Å². The minimum atomic E-state index is 1.35. The lowest BCUT2D eigenvalue weighted by atomic mass is 10.2. The topological polar surface area (TPSA) is 9.86 Å². The summed E-state index contributed by atoms with van der Waals surface area (Å²) in [7, 11) is 4.45. The number of nitrogens with zero attached hydrogens (tertiary/aromatic N) is 2. The predicted molar refractivity (Wildman–Crippen MR) is 117 cm³/mol. The fourth-order valence-corrected chi connectivity index (χ4v) is 6.83. The zero-order chi connectivity index (χ0) is 17.7. The van der Waals surface area contributed by atoms with Crippen molar-refractivity contribution in [1.82, 2.24) is 9.13 Å². The Balaban J connectivity index is 1.94. The Morgan fingerprint density at radius 1 is 0.615 bits per heavy atom. The third kappa shape index (κ3) is 1.62. The van der Waals surface area contributed by atoms with E-state index in [1.165, 1.54) is 62.8 Å². The molecular weight excluding hydrogens is 356 g/mol. The fourth-order valence-electron chi connectivity index (χ4n) is 4.64. The number of aromatic nitrogens is 2. The van der Waals surface area contributed by atoms with E-state index in [1.807, 2.05) is 22.7 Å². The highest BCUT2D eigenvalue weighted by Gasteiger charge is 2.21. The summed E-state index contributed by atoms with van der Waals surface area (Å²) in [5, 5.41) is 5.42. The van der Waals surface area contributed by atoms with E-state index in [0.717, 1.165) is 0 Å². The first-order valence-corrected chi connectivity index (χ1v) is 10.5. The van der Waals surface area contributed by atoms with E-state index in [0.29, 0.717) is 0 Å². The molecule has 6 aromatic rings. The van der Waals surface area contributed by atoms with E-state index >= 15 is 0 Å². The van der Waals surface area contributed by atoms with Crippen LogP contribution in [0.25, 0.3) is 53.0 Å². The molecule has 2 aromatic carbocycles. The highest BCUT2D eigenvalue weighted by atomic mass is 32.1. The Morgan fingerprint density at radius 3 is 1.46 bits per heavy atom. The quantitative estimate of drug-likeness (QED) is 0.274. The van der Waals surface area contributed by atoms with Crippen molar-refractivity contribution >= 4 is 75.7 Å². The molecular formula is C22H18N2S2. The molecule has 0 spiro atoms. The van der Waals surface area contributed by atoms with Crippen LogP contribution < -0.4 is 0 Å². The smallest absolute Gasteiger partial charge is 0.0752 e. The third-order valence-electron chi connectivity index (χ3n) is 5.64. The van der Waals surface area contributed by atoms with Gasteiger partial charge in [-0.25, -0.2) is 0 Å². The third-order valence-corrected chi connectivity index (χ3v) is 7.79. The van der Waals surface area contributed by atoms with Crippen LogP contribution in [0.2, 0.25) is 0 Å². The van der Waals surface area contributed by atoms with Gasteiger partial charge in [0, 0.05) is 34.6 Å². The van der Waals surface area contributed by atoms with Gasteiger partial charge in [0.2, 0.25) is 0 Å². The van der Waals surface area contributed by atoms with Crippen LogP contribution in [-0.2, 0) is 14.1 Å². The van der Waals surface area contributed by atoms with Gasteiger partial charge >= 0.3 is 0 Å². The zero-order valence-corrected chi connectivity index (χ0v) is 16.8. The minimum Gasteiger partial charge on any atom is -0.341 e. The van der Waals surface area contributed by atoms with Gasteiger partial charge in [-0.2, -0.15) is 0 Å². The number of thiophene rings is 2. The molecule has 0 unspecified atom stereocenters. The molecule has 0 aliphatic heterocycles. The predicted octanol–water partition coefficient (Wildman–Crippen LogP) is 6.87. The summed E-state index contributed by atoms with van der Waals surface area (Å²) >= 11 is 3.81. The molecule has 0 N–H and O–H groups in total. The standard InChI is InChI=1S/C22H18N2S2/c1-11-9-13-5-7-15-17-18(23(3)19(15)21(13)25-11)16-8-6-14-10-12(2)26-22(14)20(16)24(17)4/h5-10H,1-4H3. The summed E-state index contributed by atoms with van der Waals surface area (Å²) in [5.41, 5.74) is 5.43. The highest BCUT2D eigenvalue weighted by molar-refractivity contribution is 7.20. The van der Waals surface area contributed by atoms with Crippen LogP contribution in [0.4, 0.5) is 0 Å². The maximum Gasteiger partial charge on any atom is 0.0752 e. The van der Waals surface area contributed by atoms with Gasteiger partial charge < -0.3 is 9.13 Å². The van der Waals surface area contributed by atoms with Crippen molar-refractivity contribution in [3.05, 3.63) is 46.2 Å². The van der Waals surface area contributed by atoms with Gasteiger partial charge in [-0.05, 0) is 36.8 Å². The van der Waals surface area contributed by atoms with Crippen molar-refractivity contribution in [2.24, 2.45) is 14.1 Å². The number of aryl methyl sites for hydroxylation is 4. The van der Waals surface area contributed by atoms with Crippen LogP contribution in [0.15, 0.2) is 36.4 Å². The molecule has 4 heterocycles. The molecule has 0 bridgehead atoms. The van der Waals surface area contributed by atoms with E-state index < -0.39 is 0 Å².